The summed E-state index contributed by atoms with van der Waals surface area (Å²) in [5.74, 6) is 0.839. The van der Waals surface area contributed by atoms with Gasteiger partial charge in [-0.15, -0.1) is 20.4 Å². The van der Waals surface area contributed by atoms with Gasteiger partial charge < -0.3 is 4.42 Å². The Kier molecular flexibility index (Phi) is 2.71. The predicted molar refractivity (Wildman–Crippen MR) is 86.3 cm³/mol. The van der Waals surface area contributed by atoms with Gasteiger partial charge >= 0.3 is 0 Å². The fourth-order valence-electron chi connectivity index (χ4n) is 2.70. The molecule has 0 aliphatic rings. The molecule has 0 saturated heterocycles. The highest BCUT2D eigenvalue weighted by Crippen LogP contribution is 2.25. The number of fused-ring (bicyclic) bond motifs is 2. The molecule has 10 nitrogen and oxygen atoms in total. The smallest absolute Gasteiger partial charge is 0.204 e. The Balaban J connectivity index is 1.76. The summed E-state index contributed by atoms with van der Waals surface area (Å²) in [6.07, 6.45) is 0. The SMILES string of the molecule is O=c1c2ccc(-c3nn[nH]n3)cc2oc2ccc(-c3nn[nH]n3)cc12. The molecule has 10 heteroatoms. The Morgan fingerprint density at radius 3 is 2.12 bits per heavy atom. The minimum absolute atomic E-state index is 0.138. The van der Waals surface area contributed by atoms with E-state index in [0.717, 1.165) is 0 Å². The highest BCUT2D eigenvalue weighted by molar-refractivity contribution is 5.92. The summed E-state index contributed by atoms with van der Waals surface area (Å²) in [4.78, 5) is 12.8. The lowest BCUT2D eigenvalue weighted by Crippen LogP contribution is -2.02. The van der Waals surface area contributed by atoms with Crippen LogP contribution in [0.25, 0.3) is 44.7 Å². The fraction of sp³-hybridized carbons (Fsp3) is 0. The zero-order valence-corrected chi connectivity index (χ0v) is 12.5. The molecule has 2 N–H and O–H groups in total. The molecular weight excluding hydrogens is 324 g/mol. The molecule has 2 aromatic carbocycles. The molecule has 5 rings (SSSR count). The van der Waals surface area contributed by atoms with Crippen LogP contribution in [0, 0.1) is 0 Å². The number of nitrogens with zero attached hydrogens (tertiary/aromatic N) is 6. The average molecular weight is 332 g/mol. The van der Waals surface area contributed by atoms with E-state index in [2.05, 4.69) is 41.2 Å². The van der Waals surface area contributed by atoms with Crippen LogP contribution in [0.4, 0.5) is 0 Å². The van der Waals surface area contributed by atoms with Gasteiger partial charge in [-0.1, -0.05) is 6.07 Å². The Morgan fingerprint density at radius 2 is 1.44 bits per heavy atom. The van der Waals surface area contributed by atoms with Crippen molar-refractivity contribution in [1.82, 2.24) is 41.2 Å². The van der Waals surface area contributed by atoms with Crippen molar-refractivity contribution >= 4 is 21.9 Å². The second kappa shape index (κ2) is 5.03. The maximum Gasteiger partial charge on any atom is 0.204 e. The second-order valence-corrected chi connectivity index (χ2v) is 5.32. The quantitative estimate of drug-likeness (QED) is 0.461. The van der Waals surface area contributed by atoms with E-state index < -0.39 is 0 Å². The van der Waals surface area contributed by atoms with Crippen molar-refractivity contribution in [2.75, 3.05) is 0 Å². The molecule has 120 valence electrons. The number of tetrazole rings is 2. The van der Waals surface area contributed by atoms with Crippen LogP contribution in [0.15, 0.2) is 45.6 Å². The normalized spacial score (nSPS) is 11.4. The van der Waals surface area contributed by atoms with Gasteiger partial charge in [0.15, 0.2) is 0 Å². The number of hydrogen-bond donors (Lipinski definition) is 2. The maximum atomic E-state index is 12.8. The van der Waals surface area contributed by atoms with Crippen molar-refractivity contribution in [2.45, 2.75) is 0 Å². The lowest BCUT2D eigenvalue weighted by atomic mass is 10.1. The van der Waals surface area contributed by atoms with Gasteiger partial charge in [0.2, 0.25) is 17.1 Å². The molecule has 0 bridgehead atoms. The zero-order chi connectivity index (χ0) is 16.8. The van der Waals surface area contributed by atoms with Crippen molar-refractivity contribution < 1.29 is 4.42 Å². The number of benzene rings is 2. The van der Waals surface area contributed by atoms with Crippen LogP contribution >= 0.6 is 0 Å². The Labute approximate surface area is 137 Å². The number of aromatic nitrogens is 8. The van der Waals surface area contributed by atoms with Gasteiger partial charge in [0.25, 0.3) is 0 Å². The maximum absolute atomic E-state index is 12.8. The number of rotatable bonds is 2. The van der Waals surface area contributed by atoms with Gasteiger partial charge in [-0.05, 0) is 40.8 Å². The minimum Gasteiger partial charge on any atom is -0.456 e. The van der Waals surface area contributed by atoms with Crippen LogP contribution < -0.4 is 5.43 Å². The summed E-state index contributed by atoms with van der Waals surface area (Å²) >= 11 is 0. The van der Waals surface area contributed by atoms with E-state index in [0.29, 0.717) is 44.7 Å². The number of nitrogens with one attached hydrogen (secondary N) is 2. The van der Waals surface area contributed by atoms with E-state index in [1.807, 2.05) is 0 Å². The fourth-order valence-corrected chi connectivity index (χ4v) is 2.70. The van der Waals surface area contributed by atoms with Crippen molar-refractivity contribution in [1.29, 1.82) is 0 Å². The largest absolute Gasteiger partial charge is 0.456 e. The Hall–Kier alpha value is -3.95. The van der Waals surface area contributed by atoms with E-state index in [-0.39, 0.29) is 5.43 Å². The van der Waals surface area contributed by atoms with Crippen molar-refractivity contribution in [3.63, 3.8) is 0 Å². The minimum atomic E-state index is -0.138. The van der Waals surface area contributed by atoms with E-state index in [1.54, 1.807) is 36.4 Å². The van der Waals surface area contributed by atoms with Gasteiger partial charge in [-0.2, -0.15) is 10.4 Å². The first-order valence-electron chi connectivity index (χ1n) is 7.28. The van der Waals surface area contributed by atoms with Gasteiger partial charge in [-0.25, -0.2) is 0 Å². The summed E-state index contributed by atoms with van der Waals surface area (Å²) in [5, 5.41) is 28.5. The van der Waals surface area contributed by atoms with Crippen molar-refractivity contribution in [3.8, 4) is 22.8 Å². The van der Waals surface area contributed by atoms with Crippen molar-refractivity contribution in [3.05, 3.63) is 46.6 Å². The third kappa shape index (κ3) is 2.08. The molecular formula is C15H8N8O2. The highest BCUT2D eigenvalue weighted by atomic mass is 16.3. The third-order valence-corrected chi connectivity index (χ3v) is 3.88. The Bertz CT molecular complexity index is 1260. The lowest BCUT2D eigenvalue weighted by molar-refractivity contribution is 0.660. The van der Waals surface area contributed by atoms with Crippen molar-refractivity contribution in [2.24, 2.45) is 0 Å². The summed E-state index contributed by atoms with van der Waals surface area (Å²) in [5.41, 5.74) is 2.16. The first-order valence-corrected chi connectivity index (χ1v) is 7.28. The molecule has 0 spiro atoms. The molecule has 0 fully saturated rings. The first kappa shape index (κ1) is 13.5. The molecule has 0 aliphatic heterocycles. The van der Waals surface area contributed by atoms with Crippen LogP contribution in [0.1, 0.15) is 0 Å². The molecule has 0 amide bonds. The van der Waals surface area contributed by atoms with Crippen LogP contribution in [-0.2, 0) is 0 Å². The molecule has 25 heavy (non-hydrogen) atoms. The number of H-pyrrole nitrogens is 2. The van der Waals surface area contributed by atoms with Crippen LogP contribution in [0.2, 0.25) is 0 Å². The van der Waals surface area contributed by atoms with Crippen LogP contribution in [0.3, 0.4) is 0 Å². The van der Waals surface area contributed by atoms with E-state index in [4.69, 9.17) is 4.42 Å². The number of hydrogen-bond acceptors (Lipinski definition) is 8. The zero-order valence-electron chi connectivity index (χ0n) is 12.5. The second-order valence-electron chi connectivity index (χ2n) is 5.32. The van der Waals surface area contributed by atoms with Gasteiger partial charge in [0.05, 0.1) is 10.8 Å². The third-order valence-electron chi connectivity index (χ3n) is 3.88. The standard InChI is InChI=1S/C15H8N8O2/c24-13-9-3-1-8(15-18-22-23-19-15)6-12(9)25-11-4-2-7(5-10(11)13)14-16-20-21-17-14/h1-6H,(H,16,17,20,21)(H,18,19,22,23). The Morgan fingerprint density at radius 1 is 0.760 bits per heavy atom. The summed E-state index contributed by atoms with van der Waals surface area (Å²) in [7, 11) is 0. The summed E-state index contributed by atoms with van der Waals surface area (Å²) in [6.45, 7) is 0. The summed E-state index contributed by atoms with van der Waals surface area (Å²) in [6, 6.07) is 10.3. The molecule has 3 heterocycles. The molecule has 3 aromatic heterocycles. The van der Waals surface area contributed by atoms with E-state index in [9.17, 15) is 4.79 Å². The highest BCUT2D eigenvalue weighted by Gasteiger charge is 2.12. The van der Waals surface area contributed by atoms with Crippen LogP contribution in [-0.4, -0.2) is 41.2 Å². The molecule has 5 aromatic rings. The monoisotopic (exact) mass is 332 g/mol. The summed E-state index contributed by atoms with van der Waals surface area (Å²) < 4.78 is 5.89. The first-order chi connectivity index (χ1) is 12.3. The van der Waals surface area contributed by atoms with E-state index in [1.165, 1.54) is 0 Å². The molecule has 0 aliphatic carbocycles. The van der Waals surface area contributed by atoms with E-state index >= 15 is 0 Å². The van der Waals surface area contributed by atoms with Gasteiger partial charge in [0.1, 0.15) is 11.2 Å². The molecule has 0 atom stereocenters. The molecule has 0 saturated carbocycles. The number of aromatic amines is 2. The predicted octanol–water partition coefficient (Wildman–Crippen LogP) is 1.31. The van der Waals surface area contributed by atoms with Gasteiger partial charge in [-0.3, -0.25) is 4.79 Å². The molecule has 0 radical (unpaired) electrons. The lowest BCUT2D eigenvalue weighted by Gasteiger charge is -2.04. The molecule has 0 unspecified atom stereocenters. The average Bonchev–Trinajstić information content (AvgIpc) is 3.35. The van der Waals surface area contributed by atoms with Crippen LogP contribution in [0.5, 0.6) is 0 Å². The van der Waals surface area contributed by atoms with Gasteiger partial charge in [0, 0.05) is 11.1 Å². The topological polar surface area (TPSA) is 139 Å².